The number of hydrogen-bond donors (Lipinski definition) is 1. The zero-order chi connectivity index (χ0) is 8.97. The van der Waals surface area contributed by atoms with Gasteiger partial charge < -0.3 is 5.11 Å². The number of aliphatic hydroxyl groups is 1. The van der Waals surface area contributed by atoms with Gasteiger partial charge in [0, 0.05) is 0 Å². The van der Waals surface area contributed by atoms with Gasteiger partial charge >= 0.3 is 0 Å². The Bertz CT molecular complexity index is 221. The molecule has 1 N–H and O–H groups in total. The predicted molar refractivity (Wildman–Crippen MR) is 51.5 cm³/mol. The minimum Gasteiger partial charge on any atom is -0.392 e. The van der Waals surface area contributed by atoms with Gasteiger partial charge in [-0.05, 0) is 18.9 Å². The molecule has 66 valence electrons. The highest BCUT2D eigenvalue weighted by Gasteiger charge is 2.10. The fourth-order valence-corrected chi connectivity index (χ4v) is 1.19. The van der Waals surface area contributed by atoms with E-state index in [1.54, 1.807) is 6.92 Å². The number of benzene rings is 1. The Balaban J connectivity index is 2.53. The third-order valence-corrected chi connectivity index (χ3v) is 2.32. The summed E-state index contributed by atoms with van der Waals surface area (Å²) in [6.45, 7) is 1.71. The van der Waals surface area contributed by atoms with Crippen molar-refractivity contribution in [3.63, 3.8) is 0 Å². The Labute approximate surface area is 78.0 Å². The van der Waals surface area contributed by atoms with Crippen LogP contribution in [0, 0.1) is 0 Å². The molecule has 0 spiro atoms. The van der Waals surface area contributed by atoms with Gasteiger partial charge in [0.1, 0.15) is 0 Å². The molecule has 1 nitrogen and oxygen atoms in total. The molecular formula is C10H13ClO. The Morgan fingerprint density at radius 2 is 1.92 bits per heavy atom. The van der Waals surface area contributed by atoms with E-state index in [-0.39, 0.29) is 5.38 Å². The summed E-state index contributed by atoms with van der Waals surface area (Å²) in [4.78, 5) is 0. The van der Waals surface area contributed by atoms with Crippen LogP contribution >= 0.6 is 11.6 Å². The summed E-state index contributed by atoms with van der Waals surface area (Å²) in [5, 5.41) is 8.96. The van der Waals surface area contributed by atoms with E-state index in [4.69, 9.17) is 16.7 Å². The van der Waals surface area contributed by atoms with Crippen LogP contribution in [0.15, 0.2) is 30.3 Å². The van der Waals surface area contributed by atoms with Crippen LogP contribution in [0.4, 0.5) is 0 Å². The van der Waals surface area contributed by atoms with E-state index in [1.165, 1.54) is 5.56 Å². The maximum atomic E-state index is 9.15. The lowest BCUT2D eigenvalue weighted by molar-refractivity contribution is 0.188. The summed E-state index contributed by atoms with van der Waals surface area (Å²) >= 11 is 5.90. The maximum absolute atomic E-state index is 9.15. The lowest BCUT2D eigenvalue weighted by Crippen LogP contribution is -2.18. The molecule has 1 rings (SSSR count). The fourth-order valence-electron chi connectivity index (χ4n) is 1.01. The molecule has 0 aliphatic heterocycles. The molecule has 0 aromatic heterocycles. The van der Waals surface area contributed by atoms with E-state index in [0.717, 1.165) is 6.42 Å². The first-order valence-corrected chi connectivity index (χ1v) is 4.50. The van der Waals surface area contributed by atoms with Crippen molar-refractivity contribution in [3.8, 4) is 0 Å². The van der Waals surface area contributed by atoms with Crippen LogP contribution in [0.2, 0.25) is 0 Å². The highest BCUT2D eigenvalue weighted by Crippen LogP contribution is 2.10. The van der Waals surface area contributed by atoms with Gasteiger partial charge in [-0.1, -0.05) is 30.3 Å². The van der Waals surface area contributed by atoms with E-state index >= 15 is 0 Å². The molecule has 0 unspecified atom stereocenters. The molecule has 0 saturated heterocycles. The zero-order valence-corrected chi connectivity index (χ0v) is 7.83. The SMILES string of the molecule is C[C@H](O)[C@@H](Cl)Cc1ccccc1. The van der Waals surface area contributed by atoms with Gasteiger partial charge in [0.25, 0.3) is 0 Å². The summed E-state index contributed by atoms with van der Waals surface area (Å²) in [7, 11) is 0. The lowest BCUT2D eigenvalue weighted by Gasteiger charge is -2.11. The van der Waals surface area contributed by atoms with Crippen LogP contribution in [0.5, 0.6) is 0 Å². The predicted octanol–water partition coefficient (Wildman–Crippen LogP) is 2.22. The molecule has 1 aromatic rings. The van der Waals surface area contributed by atoms with Crippen LogP contribution in [0.3, 0.4) is 0 Å². The molecule has 2 atom stereocenters. The van der Waals surface area contributed by atoms with Crippen molar-refractivity contribution < 1.29 is 5.11 Å². The highest BCUT2D eigenvalue weighted by atomic mass is 35.5. The van der Waals surface area contributed by atoms with Crippen molar-refractivity contribution in [2.75, 3.05) is 0 Å². The van der Waals surface area contributed by atoms with Gasteiger partial charge in [-0.25, -0.2) is 0 Å². The zero-order valence-electron chi connectivity index (χ0n) is 7.07. The summed E-state index contributed by atoms with van der Waals surface area (Å²) in [6.07, 6.45) is 0.270. The van der Waals surface area contributed by atoms with Crippen LogP contribution in [0.1, 0.15) is 12.5 Å². The topological polar surface area (TPSA) is 20.2 Å². The minimum absolute atomic E-state index is 0.188. The standard InChI is InChI=1S/C10H13ClO/c1-8(12)10(11)7-9-5-3-2-4-6-9/h2-6,8,10,12H,7H2,1H3/t8-,10-/m0/s1. The van der Waals surface area contributed by atoms with Crippen LogP contribution in [0.25, 0.3) is 0 Å². The first kappa shape index (κ1) is 9.56. The molecule has 2 heteroatoms. The van der Waals surface area contributed by atoms with Gasteiger partial charge in [0.2, 0.25) is 0 Å². The van der Waals surface area contributed by atoms with E-state index < -0.39 is 6.10 Å². The fraction of sp³-hybridized carbons (Fsp3) is 0.400. The van der Waals surface area contributed by atoms with Gasteiger partial charge in [0.05, 0.1) is 11.5 Å². The first-order chi connectivity index (χ1) is 5.70. The second kappa shape index (κ2) is 4.48. The normalized spacial score (nSPS) is 15.6. The monoisotopic (exact) mass is 184 g/mol. The highest BCUT2D eigenvalue weighted by molar-refractivity contribution is 6.21. The molecular weight excluding hydrogens is 172 g/mol. The molecule has 0 aliphatic rings. The van der Waals surface area contributed by atoms with Crippen molar-refractivity contribution >= 4 is 11.6 Å². The Morgan fingerprint density at radius 1 is 1.33 bits per heavy atom. The lowest BCUT2D eigenvalue weighted by atomic mass is 10.1. The van der Waals surface area contributed by atoms with Crippen molar-refractivity contribution in [2.24, 2.45) is 0 Å². The van der Waals surface area contributed by atoms with Crippen molar-refractivity contribution in [2.45, 2.75) is 24.8 Å². The molecule has 0 aliphatic carbocycles. The number of alkyl halides is 1. The van der Waals surface area contributed by atoms with E-state index in [9.17, 15) is 0 Å². The molecule has 12 heavy (non-hydrogen) atoms. The average Bonchev–Trinajstić information content (AvgIpc) is 2.06. The van der Waals surface area contributed by atoms with Gasteiger partial charge in [-0.15, -0.1) is 11.6 Å². The van der Waals surface area contributed by atoms with Gasteiger partial charge in [-0.3, -0.25) is 0 Å². The van der Waals surface area contributed by atoms with Crippen LogP contribution in [-0.2, 0) is 6.42 Å². The smallest absolute Gasteiger partial charge is 0.0678 e. The molecule has 0 saturated carbocycles. The average molecular weight is 185 g/mol. The molecule has 1 aromatic carbocycles. The molecule has 0 heterocycles. The quantitative estimate of drug-likeness (QED) is 0.715. The van der Waals surface area contributed by atoms with Crippen molar-refractivity contribution in [1.29, 1.82) is 0 Å². The first-order valence-electron chi connectivity index (χ1n) is 4.06. The molecule has 0 amide bonds. The van der Waals surface area contributed by atoms with E-state index in [0.29, 0.717) is 0 Å². The number of halogens is 1. The number of rotatable bonds is 3. The third-order valence-electron chi connectivity index (χ3n) is 1.80. The summed E-state index contributed by atoms with van der Waals surface area (Å²) in [5.74, 6) is 0. The number of aliphatic hydroxyl groups excluding tert-OH is 1. The molecule has 0 fully saturated rings. The van der Waals surface area contributed by atoms with Gasteiger partial charge in [-0.2, -0.15) is 0 Å². The van der Waals surface area contributed by atoms with E-state index in [2.05, 4.69) is 0 Å². The summed E-state index contributed by atoms with van der Waals surface area (Å²) in [6, 6.07) is 9.94. The Kier molecular flexibility index (Phi) is 3.57. The minimum atomic E-state index is -0.452. The largest absolute Gasteiger partial charge is 0.392 e. The molecule has 0 bridgehead atoms. The third kappa shape index (κ3) is 2.84. The van der Waals surface area contributed by atoms with Crippen molar-refractivity contribution in [3.05, 3.63) is 35.9 Å². The molecule has 0 radical (unpaired) electrons. The maximum Gasteiger partial charge on any atom is 0.0678 e. The number of hydrogen-bond acceptors (Lipinski definition) is 1. The Hall–Kier alpha value is -0.530. The second-order valence-corrected chi connectivity index (χ2v) is 3.51. The van der Waals surface area contributed by atoms with Crippen molar-refractivity contribution in [1.82, 2.24) is 0 Å². The Morgan fingerprint density at radius 3 is 2.42 bits per heavy atom. The second-order valence-electron chi connectivity index (χ2n) is 2.95. The summed E-state index contributed by atoms with van der Waals surface area (Å²) in [5.41, 5.74) is 1.17. The van der Waals surface area contributed by atoms with Gasteiger partial charge in [0.15, 0.2) is 0 Å². The van der Waals surface area contributed by atoms with Crippen LogP contribution in [-0.4, -0.2) is 16.6 Å². The summed E-state index contributed by atoms with van der Waals surface area (Å²) < 4.78 is 0. The van der Waals surface area contributed by atoms with Crippen LogP contribution < -0.4 is 0 Å². The van der Waals surface area contributed by atoms with E-state index in [1.807, 2.05) is 30.3 Å².